The van der Waals surface area contributed by atoms with Crippen molar-refractivity contribution in [3.05, 3.63) is 59.9 Å². The fourth-order valence-electron chi connectivity index (χ4n) is 2.42. The maximum atomic E-state index is 12.9. The lowest BCUT2D eigenvalue weighted by Crippen LogP contribution is -2.42. The van der Waals surface area contributed by atoms with Gasteiger partial charge < -0.3 is 10.6 Å². The highest BCUT2D eigenvalue weighted by atomic mass is 32.2. The Morgan fingerprint density at radius 1 is 1.21 bits per heavy atom. The zero-order valence-electron chi connectivity index (χ0n) is 15.9. The minimum absolute atomic E-state index is 0.0562. The van der Waals surface area contributed by atoms with Gasteiger partial charge in [-0.2, -0.15) is 13.2 Å². The smallest absolute Gasteiger partial charge is 0.355 e. The molecule has 1 unspecified atom stereocenters. The third kappa shape index (κ3) is 6.71. The van der Waals surface area contributed by atoms with E-state index in [1.807, 2.05) is 0 Å². The first-order valence-electron chi connectivity index (χ1n) is 8.67. The first-order valence-corrected chi connectivity index (χ1v) is 10.2. The van der Waals surface area contributed by atoms with Gasteiger partial charge in [-0.05, 0) is 36.8 Å². The van der Waals surface area contributed by atoms with Crippen LogP contribution in [0.2, 0.25) is 0 Å². The number of nitrogens with one attached hydrogen (secondary N) is 3. The van der Waals surface area contributed by atoms with Gasteiger partial charge in [0.15, 0.2) is 5.96 Å². The predicted molar refractivity (Wildman–Crippen MR) is 104 cm³/mol. The van der Waals surface area contributed by atoms with Crippen LogP contribution >= 0.6 is 0 Å². The standard InChI is InChI=1S/C18H22F3N5O2S/c1-13(14-5-3-6-15(11-14)18(19,20)21)26-17(22-2)24-9-10-25-29(27,28)16-7-4-8-23-12-16/h3-8,11-13,25H,9-10H2,1-2H3,(H2,22,24,26). The van der Waals surface area contributed by atoms with Crippen molar-refractivity contribution in [3.63, 3.8) is 0 Å². The van der Waals surface area contributed by atoms with Crippen LogP contribution in [0.25, 0.3) is 0 Å². The summed E-state index contributed by atoms with van der Waals surface area (Å²) in [6.07, 6.45) is -1.70. The van der Waals surface area contributed by atoms with Crippen molar-refractivity contribution >= 4 is 16.0 Å². The van der Waals surface area contributed by atoms with Crippen molar-refractivity contribution in [2.24, 2.45) is 4.99 Å². The minimum atomic E-state index is -4.42. The Hall–Kier alpha value is -2.66. The Kier molecular flexibility index (Phi) is 7.57. The third-order valence-electron chi connectivity index (χ3n) is 3.95. The molecule has 0 aliphatic carbocycles. The van der Waals surface area contributed by atoms with Crippen LogP contribution in [0.4, 0.5) is 13.2 Å². The molecule has 0 bridgehead atoms. The maximum Gasteiger partial charge on any atom is 0.416 e. The molecule has 0 amide bonds. The molecule has 0 aliphatic heterocycles. The molecule has 3 N–H and O–H groups in total. The van der Waals surface area contributed by atoms with Crippen molar-refractivity contribution in [2.75, 3.05) is 20.1 Å². The van der Waals surface area contributed by atoms with Gasteiger partial charge >= 0.3 is 6.18 Å². The molecule has 2 aromatic rings. The summed E-state index contributed by atoms with van der Waals surface area (Å²) in [6.45, 7) is 2.00. The second-order valence-electron chi connectivity index (χ2n) is 6.07. The Morgan fingerprint density at radius 3 is 2.59 bits per heavy atom. The molecule has 2 rings (SSSR count). The van der Waals surface area contributed by atoms with E-state index in [9.17, 15) is 21.6 Å². The lowest BCUT2D eigenvalue weighted by Gasteiger charge is -2.19. The molecule has 11 heteroatoms. The first-order chi connectivity index (χ1) is 13.6. The van der Waals surface area contributed by atoms with E-state index in [1.54, 1.807) is 13.0 Å². The number of halogens is 3. The summed E-state index contributed by atoms with van der Waals surface area (Å²) in [6, 6.07) is 7.52. The van der Waals surface area contributed by atoms with E-state index in [0.717, 1.165) is 12.1 Å². The normalized spacial score (nSPS) is 13.8. The van der Waals surface area contributed by atoms with Gasteiger partial charge in [-0.3, -0.25) is 9.98 Å². The lowest BCUT2D eigenvalue weighted by molar-refractivity contribution is -0.137. The van der Waals surface area contributed by atoms with Gasteiger partial charge in [-0.25, -0.2) is 13.1 Å². The summed E-state index contributed by atoms with van der Waals surface area (Å²) in [4.78, 5) is 7.83. The molecular formula is C18H22F3N5O2S. The number of aliphatic imine (C=N–C) groups is 1. The Labute approximate surface area is 167 Å². The third-order valence-corrected chi connectivity index (χ3v) is 5.39. The molecule has 0 saturated heterocycles. The fourth-order valence-corrected chi connectivity index (χ4v) is 3.42. The molecule has 0 saturated carbocycles. The minimum Gasteiger partial charge on any atom is -0.355 e. The highest BCUT2D eigenvalue weighted by molar-refractivity contribution is 7.89. The summed E-state index contributed by atoms with van der Waals surface area (Å²) in [5, 5.41) is 5.89. The van der Waals surface area contributed by atoms with Gasteiger partial charge in [-0.1, -0.05) is 12.1 Å². The molecular weight excluding hydrogens is 407 g/mol. The molecule has 1 aromatic carbocycles. The Morgan fingerprint density at radius 2 is 1.97 bits per heavy atom. The van der Waals surface area contributed by atoms with Crippen LogP contribution in [0.15, 0.2) is 58.7 Å². The first kappa shape index (κ1) is 22.6. The van der Waals surface area contributed by atoms with E-state index in [-0.39, 0.29) is 18.0 Å². The van der Waals surface area contributed by atoms with Gasteiger partial charge in [-0.15, -0.1) is 0 Å². The second kappa shape index (κ2) is 9.70. The zero-order valence-corrected chi connectivity index (χ0v) is 16.7. The summed E-state index contributed by atoms with van der Waals surface area (Å²) >= 11 is 0. The van der Waals surface area contributed by atoms with Crippen LogP contribution < -0.4 is 15.4 Å². The number of rotatable bonds is 7. The van der Waals surface area contributed by atoms with Gasteiger partial charge in [0.25, 0.3) is 0 Å². The number of benzene rings is 1. The van der Waals surface area contributed by atoms with E-state index in [0.29, 0.717) is 11.5 Å². The average molecular weight is 429 g/mol. The summed E-state index contributed by atoms with van der Waals surface area (Å²) < 4.78 is 65.2. The number of hydrogen-bond acceptors (Lipinski definition) is 4. The molecule has 1 heterocycles. The molecule has 0 aliphatic rings. The number of guanidine groups is 1. The maximum absolute atomic E-state index is 12.9. The van der Waals surface area contributed by atoms with Crippen LogP contribution in [-0.2, 0) is 16.2 Å². The number of pyridine rings is 1. The number of aromatic nitrogens is 1. The fraction of sp³-hybridized carbons (Fsp3) is 0.333. The van der Waals surface area contributed by atoms with Gasteiger partial charge in [0.1, 0.15) is 4.90 Å². The van der Waals surface area contributed by atoms with Crippen LogP contribution in [0, 0.1) is 0 Å². The summed E-state index contributed by atoms with van der Waals surface area (Å²) in [5.74, 6) is 0.329. The van der Waals surface area contributed by atoms with Gasteiger partial charge in [0.2, 0.25) is 10.0 Å². The quantitative estimate of drug-likeness (QED) is 0.357. The molecule has 29 heavy (non-hydrogen) atoms. The van der Waals surface area contributed by atoms with E-state index >= 15 is 0 Å². The largest absolute Gasteiger partial charge is 0.416 e. The molecule has 158 valence electrons. The van der Waals surface area contributed by atoms with Crippen molar-refractivity contribution in [2.45, 2.75) is 24.0 Å². The predicted octanol–water partition coefficient (Wildman–Crippen LogP) is 2.30. The molecule has 0 spiro atoms. The number of nitrogens with zero attached hydrogens (tertiary/aromatic N) is 2. The van der Waals surface area contributed by atoms with Crippen LogP contribution in [0.5, 0.6) is 0 Å². The molecule has 1 atom stereocenters. The lowest BCUT2D eigenvalue weighted by atomic mass is 10.1. The van der Waals surface area contributed by atoms with Crippen molar-refractivity contribution < 1.29 is 21.6 Å². The zero-order chi connectivity index (χ0) is 21.5. The highest BCUT2D eigenvalue weighted by Gasteiger charge is 2.30. The second-order valence-corrected chi connectivity index (χ2v) is 7.84. The molecule has 0 radical (unpaired) electrons. The van der Waals surface area contributed by atoms with Crippen molar-refractivity contribution in [3.8, 4) is 0 Å². The monoisotopic (exact) mass is 429 g/mol. The molecule has 7 nitrogen and oxygen atoms in total. The Balaban J connectivity index is 1.88. The van der Waals surface area contributed by atoms with E-state index in [4.69, 9.17) is 0 Å². The average Bonchev–Trinajstić information content (AvgIpc) is 2.70. The van der Waals surface area contributed by atoms with E-state index in [1.165, 1.54) is 37.6 Å². The topological polar surface area (TPSA) is 95.5 Å². The Bertz CT molecular complexity index is 934. The SMILES string of the molecule is CN=C(NCCNS(=O)(=O)c1cccnc1)NC(C)c1cccc(C(F)(F)F)c1. The van der Waals surface area contributed by atoms with E-state index < -0.39 is 27.8 Å². The highest BCUT2D eigenvalue weighted by Crippen LogP contribution is 2.30. The number of alkyl halides is 3. The summed E-state index contributed by atoms with van der Waals surface area (Å²) in [5.41, 5.74) is -0.281. The number of sulfonamides is 1. The number of hydrogen-bond donors (Lipinski definition) is 3. The van der Waals surface area contributed by atoms with Crippen LogP contribution in [-0.4, -0.2) is 39.5 Å². The van der Waals surface area contributed by atoms with E-state index in [2.05, 4.69) is 25.3 Å². The van der Waals surface area contributed by atoms with Crippen molar-refractivity contribution in [1.29, 1.82) is 0 Å². The van der Waals surface area contributed by atoms with Crippen LogP contribution in [0.1, 0.15) is 24.1 Å². The van der Waals surface area contributed by atoms with Gasteiger partial charge in [0.05, 0.1) is 11.6 Å². The molecule has 1 aromatic heterocycles. The van der Waals surface area contributed by atoms with Crippen LogP contribution in [0.3, 0.4) is 0 Å². The van der Waals surface area contributed by atoms with Crippen molar-refractivity contribution in [1.82, 2.24) is 20.3 Å². The van der Waals surface area contributed by atoms with Gasteiger partial charge in [0, 0.05) is 32.5 Å². The summed E-state index contributed by atoms with van der Waals surface area (Å²) in [7, 11) is -2.16. The molecule has 0 fully saturated rings.